The highest BCUT2D eigenvalue weighted by atomic mass is 16.1. The number of benzene rings is 1. The van der Waals surface area contributed by atoms with Gasteiger partial charge in [0.1, 0.15) is 0 Å². The van der Waals surface area contributed by atoms with E-state index in [2.05, 4.69) is 16.4 Å². The zero-order chi connectivity index (χ0) is 14.5. The van der Waals surface area contributed by atoms with Gasteiger partial charge in [0.2, 0.25) is 0 Å². The number of amides is 1. The van der Waals surface area contributed by atoms with Crippen LogP contribution in [0.5, 0.6) is 0 Å². The van der Waals surface area contributed by atoms with Crippen LogP contribution in [0.1, 0.15) is 29.8 Å². The number of carbonyl (C=O) groups is 1. The zero-order valence-electron chi connectivity index (χ0n) is 11.4. The fourth-order valence-electron chi connectivity index (χ4n) is 1.80. The zero-order valence-corrected chi connectivity index (χ0v) is 11.4. The van der Waals surface area contributed by atoms with Gasteiger partial charge in [-0.3, -0.25) is 9.78 Å². The SMILES string of the molecule is CC(C)NC(=O)c1cncc(-c2ccc(C#N)cc2)c1. The van der Waals surface area contributed by atoms with Crippen molar-refractivity contribution >= 4 is 5.91 Å². The smallest absolute Gasteiger partial charge is 0.253 e. The van der Waals surface area contributed by atoms with E-state index in [1.165, 1.54) is 0 Å². The third-order valence-electron chi connectivity index (χ3n) is 2.77. The molecule has 4 heteroatoms. The first-order valence-corrected chi connectivity index (χ1v) is 6.36. The first kappa shape index (κ1) is 13.8. The summed E-state index contributed by atoms with van der Waals surface area (Å²) >= 11 is 0. The molecule has 0 fully saturated rings. The third-order valence-corrected chi connectivity index (χ3v) is 2.77. The molecule has 0 unspecified atom stereocenters. The molecule has 2 rings (SSSR count). The van der Waals surface area contributed by atoms with Gasteiger partial charge < -0.3 is 5.32 Å². The van der Waals surface area contributed by atoms with E-state index >= 15 is 0 Å². The van der Waals surface area contributed by atoms with Crippen LogP contribution in [-0.2, 0) is 0 Å². The topological polar surface area (TPSA) is 65.8 Å². The van der Waals surface area contributed by atoms with Crippen molar-refractivity contribution in [1.29, 1.82) is 5.26 Å². The second-order valence-electron chi connectivity index (χ2n) is 4.78. The molecular formula is C16H15N3O. The Balaban J connectivity index is 2.29. The summed E-state index contributed by atoms with van der Waals surface area (Å²) in [5, 5.41) is 11.6. The minimum Gasteiger partial charge on any atom is -0.350 e. The standard InChI is InChI=1S/C16H15N3O/c1-11(2)19-16(20)15-7-14(9-18-10-15)13-5-3-12(8-17)4-6-13/h3-7,9-11H,1-2H3,(H,19,20). The van der Waals surface area contributed by atoms with Gasteiger partial charge in [0.25, 0.3) is 5.91 Å². The van der Waals surface area contributed by atoms with Gasteiger partial charge in [0.05, 0.1) is 17.2 Å². The van der Waals surface area contributed by atoms with Gasteiger partial charge in [0.15, 0.2) is 0 Å². The molecule has 1 aromatic carbocycles. The summed E-state index contributed by atoms with van der Waals surface area (Å²) in [5.74, 6) is -0.136. The van der Waals surface area contributed by atoms with Crippen LogP contribution in [-0.4, -0.2) is 16.9 Å². The van der Waals surface area contributed by atoms with Gasteiger partial charge in [0, 0.05) is 24.0 Å². The number of aromatic nitrogens is 1. The fraction of sp³-hybridized carbons (Fsp3) is 0.188. The summed E-state index contributed by atoms with van der Waals surface area (Å²) in [4.78, 5) is 16.1. The lowest BCUT2D eigenvalue weighted by Gasteiger charge is -2.09. The number of pyridine rings is 1. The van der Waals surface area contributed by atoms with Crippen LogP contribution in [0.2, 0.25) is 0 Å². The van der Waals surface area contributed by atoms with Gasteiger partial charge in [-0.2, -0.15) is 5.26 Å². The molecule has 0 bridgehead atoms. The lowest BCUT2D eigenvalue weighted by Crippen LogP contribution is -2.30. The second-order valence-corrected chi connectivity index (χ2v) is 4.78. The molecule has 1 N–H and O–H groups in total. The van der Waals surface area contributed by atoms with E-state index < -0.39 is 0 Å². The van der Waals surface area contributed by atoms with E-state index in [9.17, 15) is 4.79 Å². The van der Waals surface area contributed by atoms with Crippen LogP contribution < -0.4 is 5.32 Å². The van der Waals surface area contributed by atoms with Crippen molar-refractivity contribution in [2.75, 3.05) is 0 Å². The lowest BCUT2D eigenvalue weighted by atomic mass is 10.0. The number of nitriles is 1. The highest BCUT2D eigenvalue weighted by molar-refractivity contribution is 5.95. The molecule has 0 radical (unpaired) electrons. The number of hydrogen-bond donors (Lipinski definition) is 1. The van der Waals surface area contributed by atoms with Crippen LogP contribution in [0.15, 0.2) is 42.7 Å². The Kier molecular flexibility index (Phi) is 4.11. The summed E-state index contributed by atoms with van der Waals surface area (Å²) in [7, 11) is 0. The summed E-state index contributed by atoms with van der Waals surface area (Å²) < 4.78 is 0. The van der Waals surface area contributed by atoms with E-state index in [1.807, 2.05) is 26.0 Å². The molecule has 100 valence electrons. The quantitative estimate of drug-likeness (QED) is 0.928. The molecule has 4 nitrogen and oxygen atoms in total. The molecule has 0 aliphatic heterocycles. The van der Waals surface area contributed by atoms with Crippen molar-refractivity contribution in [3.8, 4) is 17.2 Å². The molecule has 1 heterocycles. The number of nitrogens with one attached hydrogen (secondary N) is 1. The Morgan fingerprint density at radius 2 is 1.90 bits per heavy atom. The lowest BCUT2D eigenvalue weighted by molar-refractivity contribution is 0.0943. The first-order valence-electron chi connectivity index (χ1n) is 6.36. The van der Waals surface area contributed by atoms with Crippen LogP contribution in [0.3, 0.4) is 0 Å². The number of hydrogen-bond acceptors (Lipinski definition) is 3. The third kappa shape index (κ3) is 3.21. The van der Waals surface area contributed by atoms with Crippen molar-refractivity contribution in [3.05, 3.63) is 53.9 Å². The maximum absolute atomic E-state index is 11.9. The minimum absolute atomic E-state index is 0.0843. The second kappa shape index (κ2) is 5.98. The summed E-state index contributed by atoms with van der Waals surface area (Å²) in [6.07, 6.45) is 3.25. The maximum atomic E-state index is 11.9. The van der Waals surface area contributed by atoms with E-state index in [0.717, 1.165) is 11.1 Å². The molecule has 0 spiro atoms. The van der Waals surface area contributed by atoms with Crippen LogP contribution >= 0.6 is 0 Å². The predicted octanol–water partition coefficient (Wildman–Crippen LogP) is 2.76. The summed E-state index contributed by atoms with van der Waals surface area (Å²) in [6, 6.07) is 11.1. The first-order chi connectivity index (χ1) is 9.60. The molecule has 0 saturated heterocycles. The molecule has 0 aliphatic rings. The monoisotopic (exact) mass is 265 g/mol. The van der Waals surface area contributed by atoms with Gasteiger partial charge >= 0.3 is 0 Å². The number of rotatable bonds is 3. The predicted molar refractivity (Wildman–Crippen MR) is 77.0 cm³/mol. The van der Waals surface area contributed by atoms with Crippen LogP contribution in [0.25, 0.3) is 11.1 Å². The van der Waals surface area contributed by atoms with Gasteiger partial charge in [-0.05, 0) is 37.6 Å². The normalized spacial score (nSPS) is 10.1. The number of carbonyl (C=O) groups excluding carboxylic acids is 1. The Morgan fingerprint density at radius 3 is 2.50 bits per heavy atom. The average molecular weight is 265 g/mol. The van der Waals surface area contributed by atoms with E-state index in [4.69, 9.17) is 5.26 Å². The Morgan fingerprint density at radius 1 is 1.20 bits per heavy atom. The molecule has 0 aliphatic carbocycles. The van der Waals surface area contributed by atoms with E-state index in [1.54, 1.807) is 30.6 Å². The highest BCUT2D eigenvalue weighted by Crippen LogP contribution is 2.19. The fourth-order valence-corrected chi connectivity index (χ4v) is 1.80. The van der Waals surface area contributed by atoms with Crippen LogP contribution in [0.4, 0.5) is 0 Å². The molecule has 0 atom stereocenters. The number of nitrogens with zero attached hydrogens (tertiary/aromatic N) is 2. The van der Waals surface area contributed by atoms with Gasteiger partial charge in [-0.1, -0.05) is 12.1 Å². The van der Waals surface area contributed by atoms with Crippen molar-refractivity contribution in [2.24, 2.45) is 0 Å². The Bertz CT molecular complexity index is 654. The molecule has 1 amide bonds. The van der Waals surface area contributed by atoms with Crippen molar-refractivity contribution in [2.45, 2.75) is 19.9 Å². The van der Waals surface area contributed by atoms with Crippen molar-refractivity contribution in [1.82, 2.24) is 10.3 Å². The molecule has 1 aromatic heterocycles. The van der Waals surface area contributed by atoms with Gasteiger partial charge in [-0.25, -0.2) is 0 Å². The highest BCUT2D eigenvalue weighted by Gasteiger charge is 2.08. The summed E-state index contributed by atoms with van der Waals surface area (Å²) in [5.41, 5.74) is 2.91. The van der Waals surface area contributed by atoms with Crippen LogP contribution in [0, 0.1) is 11.3 Å². The Labute approximate surface area is 118 Å². The minimum atomic E-state index is -0.136. The van der Waals surface area contributed by atoms with E-state index in [-0.39, 0.29) is 11.9 Å². The maximum Gasteiger partial charge on any atom is 0.253 e. The molecule has 20 heavy (non-hydrogen) atoms. The van der Waals surface area contributed by atoms with Gasteiger partial charge in [-0.15, -0.1) is 0 Å². The van der Waals surface area contributed by atoms with Crippen molar-refractivity contribution < 1.29 is 4.79 Å². The van der Waals surface area contributed by atoms with Crippen molar-refractivity contribution in [3.63, 3.8) is 0 Å². The Hall–Kier alpha value is -2.67. The molecular weight excluding hydrogens is 250 g/mol. The largest absolute Gasteiger partial charge is 0.350 e. The molecule has 0 saturated carbocycles. The van der Waals surface area contributed by atoms with E-state index in [0.29, 0.717) is 11.1 Å². The molecule has 2 aromatic rings. The average Bonchev–Trinajstić information content (AvgIpc) is 2.47. The summed E-state index contributed by atoms with van der Waals surface area (Å²) in [6.45, 7) is 3.82.